The van der Waals surface area contributed by atoms with Gasteiger partial charge in [0.15, 0.2) is 6.29 Å². The third-order valence-corrected chi connectivity index (χ3v) is 7.78. The Morgan fingerprint density at radius 2 is 1.28 bits per heavy atom. The fraction of sp³-hybridized carbons (Fsp3) is 0.205. The Labute approximate surface area is 279 Å². The summed E-state index contributed by atoms with van der Waals surface area (Å²) in [5.74, 6) is 0.865. The van der Waals surface area contributed by atoms with Crippen LogP contribution in [0.5, 0.6) is 11.5 Å². The van der Waals surface area contributed by atoms with Gasteiger partial charge in [-0.05, 0) is 73.0 Å². The van der Waals surface area contributed by atoms with Gasteiger partial charge in [0, 0.05) is 35.0 Å². The molecule has 0 N–H and O–H groups in total. The Morgan fingerprint density at radius 3 is 1.91 bits per heavy atom. The van der Waals surface area contributed by atoms with E-state index in [0.29, 0.717) is 50.0 Å². The number of anilines is 1. The highest BCUT2D eigenvalue weighted by Gasteiger charge is 2.23. The summed E-state index contributed by atoms with van der Waals surface area (Å²) in [6.45, 7) is 5.96. The SMILES string of the molecule is CCOC(OCC)c1cccc(CN(C(=O)c2ccc(OCc3ccccc3)cc2OCc2ccccc2)c2ccc(Br)cc2)c1. The molecule has 0 aliphatic carbocycles. The Balaban J connectivity index is 1.48. The number of carbonyl (C=O) groups excluding carboxylic acids is 1. The number of amides is 1. The summed E-state index contributed by atoms with van der Waals surface area (Å²) in [6.07, 6.45) is -0.479. The van der Waals surface area contributed by atoms with Crippen LogP contribution in [-0.2, 0) is 29.2 Å². The average Bonchev–Trinajstić information content (AvgIpc) is 3.10. The average molecular weight is 681 g/mol. The second-order valence-electron chi connectivity index (χ2n) is 10.6. The zero-order valence-electron chi connectivity index (χ0n) is 26.1. The second kappa shape index (κ2) is 16.8. The van der Waals surface area contributed by atoms with Gasteiger partial charge in [0.1, 0.15) is 24.7 Å². The van der Waals surface area contributed by atoms with Crippen molar-refractivity contribution in [1.82, 2.24) is 0 Å². The lowest BCUT2D eigenvalue weighted by Gasteiger charge is -2.25. The van der Waals surface area contributed by atoms with Crippen molar-refractivity contribution >= 4 is 27.5 Å². The molecule has 6 nitrogen and oxygen atoms in total. The normalized spacial score (nSPS) is 11.0. The Hall–Kier alpha value is -4.43. The Kier molecular flexibility index (Phi) is 12.0. The Bertz CT molecular complexity index is 1670. The minimum Gasteiger partial charge on any atom is -0.489 e. The predicted molar refractivity (Wildman–Crippen MR) is 185 cm³/mol. The zero-order valence-corrected chi connectivity index (χ0v) is 27.7. The van der Waals surface area contributed by atoms with Crippen molar-refractivity contribution in [3.63, 3.8) is 0 Å². The molecular formula is C39H38BrNO5. The van der Waals surface area contributed by atoms with E-state index in [4.69, 9.17) is 18.9 Å². The fourth-order valence-electron chi connectivity index (χ4n) is 4.98. The molecular weight excluding hydrogens is 642 g/mol. The first kappa shape index (κ1) is 32.9. The maximum atomic E-state index is 14.5. The van der Waals surface area contributed by atoms with E-state index in [1.54, 1.807) is 17.0 Å². The van der Waals surface area contributed by atoms with Gasteiger partial charge in [0.2, 0.25) is 0 Å². The van der Waals surface area contributed by atoms with Crippen molar-refractivity contribution in [2.24, 2.45) is 0 Å². The minimum atomic E-state index is -0.479. The number of carbonyl (C=O) groups is 1. The number of ether oxygens (including phenoxy) is 4. The molecule has 0 heterocycles. The van der Waals surface area contributed by atoms with Crippen molar-refractivity contribution in [1.29, 1.82) is 0 Å². The number of hydrogen-bond donors (Lipinski definition) is 0. The van der Waals surface area contributed by atoms with Crippen LogP contribution in [0.4, 0.5) is 5.69 Å². The molecule has 0 spiro atoms. The lowest BCUT2D eigenvalue weighted by molar-refractivity contribution is -0.140. The standard InChI is InChI=1S/C39H38BrNO5/c1-3-43-39(44-4-2)32-17-11-16-31(24-32)26-41(34-20-18-33(40)19-21-34)38(42)36-23-22-35(45-27-29-12-7-5-8-13-29)25-37(36)46-28-30-14-9-6-10-15-30/h5-25,39H,3-4,26-28H2,1-2H3. The lowest BCUT2D eigenvalue weighted by atomic mass is 10.1. The lowest BCUT2D eigenvalue weighted by Crippen LogP contribution is -2.31. The third-order valence-electron chi connectivity index (χ3n) is 7.25. The van der Waals surface area contributed by atoms with E-state index in [1.165, 1.54) is 0 Å². The van der Waals surface area contributed by atoms with Gasteiger partial charge in [0.25, 0.3) is 5.91 Å². The summed E-state index contributed by atoms with van der Waals surface area (Å²) in [5, 5.41) is 0. The quantitative estimate of drug-likeness (QED) is 0.103. The molecule has 0 aliphatic heterocycles. The molecule has 5 aromatic rings. The van der Waals surface area contributed by atoms with Crippen LogP contribution >= 0.6 is 15.9 Å². The molecule has 0 unspecified atom stereocenters. The highest BCUT2D eigenvalue weighted by molar-refractivity contribution is 9.10. The first-order valence-corrected chi connectivity index (χ1v) is 16.2. The highest BCUT2D eigenvalue weighted by atomic mass is 79.9. The molecule has 0 saturated carbocycles. The van der Waals surface area contributed by atoms with E-state index in [2.05, 4.69) is 15.9 Å². The molecule has 5 aromatic carbocycles. The van der Waals surface area contributed by atoms with Crippen LogP contribution in [-0.4, -0.2) is 19.1 Å². The topological polar surface area (TPSA) is 57.2 Å². The van der Waals surface area contributed by atoms with Crippen LogP contribution < -0.4 is 14.4 Å². The number of benzene rings is 5. The van der Waals surface area contributed by atoms with Gasteiger partial charge in [-0.15, -0.1) is 0 Å². The molecule has 236 valence electrons. The van der Waals surface area contributed by atoms with Gasteiger partial charge >= 0.3 is 0 Å². The molecule has 1 amide bonds. The molecule has 46 heavy (non-hydrogen) atoms. The molecule has 5 rings (SSSR count). The van der Waals surface area contributed by atoms with Crippen LogP contribution in [0, 0.1) is 0 Å². The van der Waals surface area contributed by atoms with Crippen molar-refractivity contribution < 1.29 is 23.7 Å². The first-order chi connectivity index (χ1) is 22.5. The van der Waals surface area contributed by atoms with E-state index in [0.717, 1.165) is 32.4 Å². The van der Waals surface area contributed by atoms with Crippen LogP contribution in [0.2, 0.25) is 0 Å². The van der Waals surface area contributed by atoms with Crippen LogP contribution in [0.15, 0.2) is 132 Å². The van der Waals surface area contributed by atoms with Crippen molar-refractivity contribution in [3.8, 4) is 11.5 Å². The maximum absolute atomic E-state index is 14.5. The van der Waals surface area contributed by atoms with Crippen LogP contribution in [0.1, 0.15) is 52.7 Å². The summed E-state index contributed by atoms with van der Waals surface area (Å²) in [6, 6.07) is 41.0. The minimum absolute atomic E-state index is 0.198. The van der Waals surface area contributed by atoms with Crippen LogP contribution in [0.25, 0.3) is 0 Å². The van der Waals surface area contributed by atoms with E-state index in [-0.39, 0.29) is 5.91 Å². The summed E-state index contributed by atoms with van der Waals surface area (Å²) in [7, 11) is 0. The van der Waals surface area contributed by atoms with E-state index >= 15 is 0 Å². The number of hydrogen-bond acceptors (Lipinski definition) is 5. The number of nitrogens with zero attached hydrogens (tertiary/aromatic N) is 1. The van der Waals surface area contributed by atoms with E-state index in [9.17, 15) is 4.79 Å². The molecule has 0 bridgehead atoms. The van der Waals surface area contributed by atoms with E-state index in [1.807, 2.05) is 129 Å². The zero-order chi connectivity index (χ0) is 32.1. The van der Waals surface area contributed by atoms with Crippen molar-refractivity contribution in [2.75, 3.05) is 18.1 Å². The first-order valence-electron chi connectivity index (χ1n) is 15.4. The number of rotatable bonds is 15. The molecule has 0 aliphatic rings. The summed E-state index contributed by atoms with van der Waals surface area (Å²) >= 11 is 3.53. The summed E-state index contributed by atoms with van der Waals surface area (Å²) in [4.78, 5) is 16.3. The fourth-order valence-corrected chi connectivity index (χ4v) is 5.24. The van der Waals surface area contributed by atoms with Gasteiger partial charge in [-0.2, -0.15) is 0 Å². The molecule has 0 radical (unpaired) electrons. The largest absolute Gasteiger partial charge is 0.489 e. The summed E-state index contributed by atoms with van der Waals surface area (Å²) in [5.41, 5.74) is 5.07. The number of halogens is 1. The van der Waals surface area contributed by atoms with Gasteiger partial charge in [-0.3, -0.25) is 4.79 Å². The molecule has 0 fully saturated rings. The summed E-state index contributed by atoms with van der Waals surface area (Å²) < 4.78 is 25.1. The third kappa shape index (κ3) is 9.07. The monoisotopic (exact) mass is 679 g/mol. The van der Waals surface area contributed by atoms with Gasteiger partial charge in [-0.1, -0.05) is 94.8 Å². The van der Waals surface area contributed by atoms with Gasteiger partial charge in [-0.25, -0.2) is 0 Å². The predicted octanol–water partition coefficient (Wildman–Crippen LogP) is 9.53. The molecule has 0 saturated heterocycles. The van der Waals surface area contributed by atoms with Gasteiger partial charge < -0.3 is 23.8 Å². The maximum Gasteiger partial charge on any atom is 0.262 e. The van der Waals surface area contributed by atoms with Crippen molar-refractivity contribution in [3.05, 3.63) is 160 Å². The van der Waals surface area contributed by atoms with Crippen molar-refractivity contribution in [2.45, 2.75) is 39.9 Å². The van der Waals surface area contributed by atoms with Gasteiger partial charge in [0.05, 0.1) is 12.1 Å². The molecule has 0 aromatic heterocycles. The molecule has 0 atom stereocenters. The second-order valence-corrected chi connectivity index (χ2v) is 11.5. The molecule has 7 heteroatoms. The highest BCUT2D eigenvalue weighted by Crippen LogP contribution is 2.31. The van der Waals surface area contributed by atoms with E-state index < -0.39 is 6.29 Å². The van der Waals surface area contributed by atoms with Crippen LogP contribution in [0.3, 0.4) is 0 Å². The Morgan fingerprint density at radius 1 is 0.674 bits per heavy atom. The smallest absolute Gasteiger partial charge is 0.262 e.